The number of fused-ring (bicyclic) bond motifs is 1. The summed E-state index contributed by atoms with van der Waals surface area (Å²) in [4.78, 5) is 32.3. The number of amides is 1. The Hall–Kier alpha value is -3.76. The SMILES string of the molecule is COC(=O)CCCN(C(=O)OC(C)(C)C)C1CCCc2c(/C(C)=N/OCc3ccc(OCC(C)C)c(C(F)(F)F)c3)cccc21. The molecule has 0 saturated carbocycles. The number of halogens is 3. The molecule has 1 aliphatic rings. The fourth-order valence-electron chi connectivity index (χ4n) is 5.20. The van der Waals surface area contributed by atoms with Crippen LogP contribution in [0.3, 0.4) is 0 Å². The van der Waals surface area contributed by atoms with E-state index < -0.39 is 23.4 Å². The number of carbonyl (C=O) groups is 2. The van der Waals surface area contributed by atoms with Crippen LogP contribution >= 0.6 is 0 Å². The van der Waals surface area contributed by atoms with Crippen LogP contribution < -0.4 is 4.74 Å². The summed E-state index contributed by atoms with van der Waals surface area (Å²) in [6, 6.07) is 9.40. The van der Waals surface area contributed by atoms with Crippen molar-refractivity contribution in [3.63, 3.8) is 0 Å². The second kappa shape index (κ2) is 15.5. The summed E-state index contributed by atoms with van der Waals surface area (Å²) in [6.07, 6.45) is -2.14. The van der Waals surface area contributed by atoms with E-state index in [4.69, 9.17) is 19.0 Å². The number of oxime groups is 1. The molecule has 0 bridgehead atoms. The van der Waals surface area contributed by atoms with Crippen molar-refractivity contribution in [3.8, 4) is 5.75 Å². The largest absolute Gasteiger partial charge is 0.493 e. The van der Waals surface area contributed by atoms with E-state index in [9.17, 15) is 22.8 Å². The molecule has 0 aliphatic heterocycles. The van der Waals surface area contributed by atoms with E-state index in [1.54, 1.807) is 11.8 Å². The number of methoxy groups -OCH3 is 1. The molecule has 0 aromatic heterocycles. The molecule has 248 valence electrons. The molecular formula is C34H45F3N2O6. The van der Waals surface area contributed by atoms with E-state index >= 15 is 0 Å². The fourth-order valence-corrected chi connectivity index (χ4v) is 5.20. The first-order chi connectivity index (χ1) is 21.1. The molecule has 1 aliphatic carbocycles. The molecule has 45 heavy (non-hydrogen) atoms. The van der Waals surface area contributed by atoms with Crippen LogP contribution in [0.2, 0.25) is 0 Å². The van der Waals surface area contributed by atoms with E-state index in [2.05, 4.69) is 5.16 Å². The standard InChI is InChI=1S/C34H45F3N2O6/c1-22(2)20-43-30-17-16-24(19-28(30)34(35,36)37)21-44-38-23(3)25-11-8-13-27-26(25)12-9-14-29(27)39(18-10-15-31(40)42-7)32(41)45-33(4,5)6/h8,11,13,16-17,19,22,29H,9-10,12,14-15,18,20-21H2,1-7H3/b38-23+. The van der Waals surface area contributed by atoms with Crippen LogP contribution in [0.1, 0.15) is 101 Å². The molecule has 8 nitrogen and oxygen atoms in total. The average Bonchev–Trinajstić information content (AvgIpc) is 2.96. The predicted octanol–water partition coefficient (Wildman–Crippen LogP) is 8.25. The zero-order valence-electron chi connectivity index (χ0n) is 27.3. The lowest BCUT2D eigenvalue weighted by Crippen LogP contribution is -2.41. The van der Waals surface area contributed by atoms with Crippen LogP contribution in [-0.2, 0) is 38.3 Å². The lowest BCUT2D eigenvalue weighted by atomic mass is 9.83. The van der Waals surface area contributed by atoms with Gasteiger partial charge in [-0.25, -0.2) is 4.79 Å². The van der Waals surface area contributed by atoms with Crippen LogP contribution in [-0.4, -0.2) is 48.5 Å². The van der Waals surface area contributed by atoms with Gasteiger partial charge >= 0.3 is 18.2 Å². The molecule has 1 atom stereocenters. The van der Waals surface area contributed by atoms with Gasteiger partial charge in [0, 0.05) is 18.5 Å². The first-order valence-electron chi connectivity index (χ1n) is 15.3. The van der Waals surface area contributed by atoms with Crippen molar-refractivity contribution in [1.29, 1.82) is 0 Å². The van der Waals surface area contributed by atoms with Gasteiger partial charge in [-0.2, -0.15) is 13.2 Å². The molecule has 2 aromatic carbocycles. The van der Waals surface area contributed by atoms with Gasteiger partial charge in [-0.3, -0.25) is 4.79 Å². The molecule has 0 spiro atoms. The summed E-state index contributed by atoms with van der Waals surface area (Å²) < 4.78 is 57.1. The van der Waals surface area contributed by atoms with Crippen molar-refractivity contribution >= 4 is 17.8 Å². The summed E-state index contributed by atoms with van der Waals surface area (Å²) >= 11 is 0. The Balaban J connectivity index is 1.82. The van der Waals surface area contributed by atoms with E-state index in [0.29, 0.717) is 24.2 Å². The number of hydrogen-bond acceptors (Lipinski definition) is 7. The number of carbonyl (C=O) groups excluding carboxylic acids is 2. The zero-order valence-corrected chi connectivity index (χ0v) is 27.3. The molecule has 0 heterocycles. The van der Waals surface area contributed by atoms with Crippen molar-refractivity contribution in [2.45, 2.75) is 98.1 Å². The first kappa shape index (κ1) is 35.7. The third-order valence-electron chi connectivity index (χ3n) is 7.23. The highest BCUT2D eigenvalue weighted by Crippen LogP contribution is 2.38. The van der Waals surface area contributed by atoms with Crippen LogP contribution in [0.25, 0.3) is 0 Å². The highest BCUT2D eigenvalue weighted by atomic mass is 19.4. The van der Waals surface area contributed by atoms with E-state index in [-0.39, 0.29) is 43.3 Å². The van der Waals surface area contributed by atoms with Crippen molar-refractivity contribution < 1.29 is 41.8 Å². The number of esters is 1. The van der Waals surface area contributed by atoms with Crippen molar-refractivity contribution in [2.24, 2.45) is 11.1 Å². The van der Waals surface area contributed by atoms with Gasteiger partial charge in [0.1, 0.15) is 18.0 Å². The van der Waals surface area contributed by atoms with Gasteiger partial charge in [0.05, 0.1) is 31.0 Å². The van der Waals surface area contributed by atoms with Gasteiger partial charge in [0.25, 0.3) is 0 Å². The molecule has 2 aromatic rings. The fraction of sp³-hybridized carbons (Fsp3) is 0.559. The number of nitrogens with zero attached hydrogens (tertiary/aromatic N) is 2. The third-order valence-corrected chi connectivity index (χ3v) is 7.23. The Labute approximate surface area is 263 Å². The molecule has 1 amide bonds. The smallest absolute Gasteiger partial charge is 0.419 e. The minimum absolute atomic E-state index is 0.0809. The van der Waals surface area contributed by atoms with Gasteiger partial charge in [0.15, 0.2) is 0 Å². The average molecular weight is 635 g/mol. The Morgan fingerprint density at radius 3 is 2.49 bits per heavy atom. The monoisotopic (exact) mass is 634 g/mol. The second-order valence-corrected chi connectivity index (χ2v) is 12.6. The van der Waals surface area contributed by atoms with Crippen molar-refractivity contribution in [2.75, 3.05) is 20.3 Å². The Kier molecular flexibility index (Phi) is 12.3. The summed E-state index contributed by atoms with van der Waals surface area (Å²) in [6.45, 7) is 11.3. The minimum Gasteiger partial charge on any atom is -0.493 e. The molecule has 11 heteroatoms. The normalized spacial score (nSPS) is 15.4. The highest BCUT2D eigenvalue weighted by Gasteiger charge is 2.35. The third kappa shape index (κ3) is 10.4. The van der Waals surface area contributed by atoms with E-state index in [1.165, 1.54) is 19.2 Å². The van der Waals surface area contributed by atoms with Gasteiger partial charge in [-0.1, -0.05) is 43.3 Å². The summed E-state index contributed by atoms with van der Waals surface area (Å²) in [7, 11) is 1.33. The molecule has 3 rings (SSSR count). The quantitative estimate of drug-likeness (QED) is 0.133. The Morgan fingerprint density at radius 1 is 1.11 bits per heavy atom. The predicted molar refractivity (Wildman–Crippen MR) is 165 cm³/mol. The maximum atomic E-state index is 13.7. The lowest BCUT2D eigenvalue weighted by molar-refractivity contribution is -0.141. The van der Waals surface area contributed by atoms with Crippen LogP contribution in [0.5, 0.6) is 5.75 Å². The lowest BCUT2D eigenvalue weighted by Gasteiger charge is -2.37. The molecule has 1 unspecified atom stereocenters. The maximum Gasteiger partial charge on any atom is 0.419 e. The number of hydrogen-bond donors (Lipinski definition) is 0. The Bertz CT molecular complexity index is 1350. The van der Waals surface area contributed by atoms with Crippen LogP contribution in [0.4, 0.5) is 18.0 Å². The highest BCUT2D eigenvalue weighted by molar-refractivity contribution is 6.00. The number of benzene rings is 2. The van der Waals surface area contributed by atoms with E-state index in [1.807, 2.05) is 52.8 Å². The Morgan fingerprint density at radius 2 is 1.84 bits per heavy atom. The topological polar surface area (TPSA) is 86.7 Å². The van der Waals surface area contributed by atoms with Gasteiger partial charge in [-0.05, 0) is 88.1 Å². The molecule has 0 fully saturated rings. The van der Waals surface area contributed by atoms with Gasteiger partial charge in [0.2, 0.25) is 0 Å². The van der Waals surface area contributed by atoms with Gasteiger partial charge < -0.3 is 23.9 Å². The van der Waals surface area contributed by atoms with E-state index in [0.717, 1.165) is 42.0 Å². The minimum atomic E-state index is -4.58. The van der Waals surface area contributed by atoms with Crippen LogP contribution in [0, 0.1) is 5.92 Å². The number of alkyl halides is 3. The molecule has 0 saturated heterocycles. The number of ether oxygens (including phenoxy) is 3. The maximum absolute atomic E-state index is 13.7. The summed E-state index contributed by atoms with van der Waals surface area (Å²) in [5.74, 6) is -0.476. The molecule has 0 N–H and O–H groups in total. The van der Waals surface area contributed by atoms with Crippen molar-refractivity contribution in [1.82, 2.24) is 4.90 Å². The molecular weight excluding hydrogens is 589 g/mol. The summed E-state index contributed by atoms with van der Waals surface area (Å²) in [5, 5.41) is 4.25. The molecule has 0 radical (unpaired) electrons. The summed E-state index contributed by atoms with van der Waals surface area (Å²) in [5.41, 5.74) is 2.15. The zero-order chi connectivity index (χ0) is 33.4. The van der Waals surface area contributed by atoms with Crippen molar-refractivity contribution in [3.05, 3.63) is 64.2 Å². The first-order valence-corrected chi connectivity index (χ1v) is 15.3. The van der Waals surface area contributed by atoms with Crippen LogP contribution in [0.15, 0.2) is 41.6 Å². The second-order valence-electron chi connectivity index (χ2n) is 12.6. The number of rotatable bonds is 12. The van der Waals surface area contributed by atoms with Gasteiger partial charge in [-0.15, -0.1) is 0 Å².